The van der Waals surface area contributed by atoms with Crippen molar-refractivity contribution < 1.29 is 14.3 Å². The van der Waals surface area contributed by atoms with Crippen molar-refractivity contribution in [2.75, 3.05) is 38.3 Å². The normalized spacial score (nSPS) is 18.0. The molecule has 3 heterocycles. The maximum absolute atomic E-state index is 13.3. The van der Waals surface area contributed by atoms with Crippen LogP contribution < -0.4 is 4.90 Å². The second kappa shape index (κ2) is 7.08. The van der Waals surface area contributed by atoms with Crippen LogP contribution in [0.1, 0.15) is 28.9 Å². The standard InChI is InChI=1S/C20H22N4O3/c1-27-13-12-24-17-5-3-2-4-15(17)20(19(24)26)6-10-23(11-7-20)18(25)16-14-21-8-9-22-16/h2-5,8-9,14H,6-7,10-13H2,1H3. The number of ether oxygens (including phenoxy) is 1. The molecule has 1 fully saturated rings. The van der Waals surface area contributed by atoms with Gasteiger partial charge >= 0.3 is 0 Å². The maximum Gasteiger partial charge on any atom is 0.274 e. The highest BCUT2D eigenvalue weighted by Crippen LogP contribution is 2.47. The first-order chi connectivity index (χ1) is 13.2. The van der Waals surface area contributed by atoms with Crippen molar-refractivity contribution in [3.63, 3.8) is 0 Å². The maximum atomic E-state index is 13.3. The average Bonchev–Trinajstić information content (AvgIpc) is 2.95. The fraction of sp³-hybridized carbons (Fsp3) is 0.400. The molecule has 7 nitrogen and oxygen atoms in total. The number of carbonyl (C=O) groups is 2. The molecule has 0 atom stereocenters. The van der Waals surface area contributed by atoms with Crippen molar-refractivity contribution in [2.45, 2.75) is 18.3 Å². The van der Waals surface area contributed by atoms with Crippen molar-refractivity contribution in [2.24, 2.45) is 0 Å². The fourth-order valence-corrected chi connectivity index (χ4v) is 4.15. The molecule has 0 N–H and O–H groups in total. The van der Waals surface area contributed by atoms with E-state index in [9.17, 15) is 9.59 Å². The van der Waals surface area contributed by atoms with Crippen LogP contribution >= 0.6 is 0 Å². The summed E-state index contributed by atoms with van der Waals surface area (Å²) in [6.07, 6.45) is 5.76. The van der Waals surface area contributed by atoms with Gasteiger partial charge in [-0.25, -0.2) is 4.98 Å². The average molecular weight is 366 g/mol. The molecule has 140 valence electrons. The highest BCUT2D eigenvalue weighted by atomic mass is 16.5. The third-order valence-corrected chi connectivity index (χ3v) is 5.57. The van der Waals surface area contributed by atoms with Gasteiger partial charge < -0.3 is 14.5 Å². The molecule has 2 aliphatic rings. The summed E-state index contributed by atoms with van der Waals surface area (Å²) in [5.74, 6) is -0.0136. The Balaban J connectivity index is 1.57. The van der Waals surface area contributed by atoms with Crippen LogP contribution in [-0.2, 0) is 14.9 Å². The van der Waals surface area contributed by atoms with Gasteiger partial charge in [0.25, 0.3) is 5.91 Å². The van der Waals surface area contributed by atoms with Crippen molar-refractivity contribution in [1.29, 1.82) is 0 Å². The Morgan fingerprint density at radius 2 is 2.00 bits per heavy atom. The molecule has 1 saturated heterocycles. The molecule has 0 radical (unpaired) electrons. The number of aromatic nitrogens is 2. The van der Waals surface area contributed by atoms with Crippen LogP contribution in [0.15, 0.2) is 42.9 Å². The topological polar surface area (TPSA) is 75.6 Å². The summed E-state index contributed by atoms with van der Waals surface area (Å²) < 4.78 is 5.18. The van der Waals surface area contributed by atoms with Crippen molar-refractivity contribution in [3.05, 3.63) is 54.1 Å². The lowest BCUT2D eigenvalue weighted by Crippen LogP contribution is -2.50. The van der Waals surface area contributed by atoms with Crippen LogP contribution in [0.4, 0.5) is 5.69 Å². The summed E-state index contributed by atoms with van der Waals surface area (Å²) in [5, 5.41) is 0. The molecule has 0 bridgehead atoms. The molecule has 4 rings (SSSR count). The summed E-state index contributed by atoms with van der Waals surface area (Å²) in [6, 6.07) is 7.97. The van der Waals surface area contributed by atoms with E-state index in [0.717, 1.165) is 11.3 Å². The number of hydrogen-bond donors (Lipinski definition) is 0. The summed E-state index contributed by atoms with van der Waals surface area (Å²) >= 11 is 0. The SMILES string of the molecule is COCCN1C(=O)C2(CCN(C(=O)c3cnccn3)CC2)c2ccccc21. The number of nitrogens with zero attached hydrogens (tertiary/aromatic N) is 4. The molecule has 27 heavy (non-hydrogen) atoms. The number of fused-ring (bicyclic) bond motifs is 2. The van der Waals surface area contributed by atoms with Gasteiger partial charge in [0, 0.05) is 44.8 Å². The molecule has 1 aromatic carbocycles. The Morgan fingerprint density at radius 1 is 1.22 bits per heavy atom. The van der Waals surface area contributed by atoms with Crippen molar-refractivity contribution in [1.82, 2.24) is 14.9 Å². The Labute approximate surface area is 158 Å². The molecule has 2 aliphatic heterocycles. The second-order valence-corrected chi connectivity index (χ2v) is 6.93. The Hall–Kier alpha value is -2.80. The number of benzene rings is 1. The minimum atomic E-state index is -0.552. The van der Waals surface area contributed by atoms with E-state index in [-0.39, 0.29) is 11.8 Å². The largest absolute Gasteiger partial charge is 0.383 e. The van der Waals surface area contributed by atoms with Crippen LogP contribution in [0.3, 0.4) is 0 Å². The van der Waals surface area contributed by atoms with Crippen LogP contribution in [0, 0.1) is 0 Å². The Morgan fingerprint density at radius 3 is 2.70 bits per heavy atom. The van der Waals surface area contributed by atoms with E-state index >= 15 is 0 Å². The van der Waals surface area contributed by atoms with Crippen molar-refractivity contribution >= 4 is 17.5 Å². The van der Waals surface area contributed by atoms with E-state index in [2.05, 4.69) is 9.97 Å². The predicted octanol–water partition coefficient (Wildman–Crippen LogP) is 1.64. The number of amides is 2. The summed E-state index contributed by atoms with van der Waals surface area (Å²) in [6.45, 7) is 2.07. The lowest BCUT2D eigenvalue weighted by Gasteiger charge is -2.38. The first kappa shape index (κ1) is 17.6. The molecule has 2 aromatic rings. The van der Waals surface area contributed by atoms with Crippen LogP contribution in [0.25, 0.3) is 0 Å². The number of methoxy groups -OCH3 is 1. The van der Waals surface area contributed by atoms with Gasteiger partial charge in [0.05, 0.1) is 18.2 Å². The highest BCUT2D eigenvalue weighted by molar-refractivity contribution is 6.08. The van der Waals surface area contributed by atoms with Crippen LogP contribution in [-0.4, -0.2) is 60.0 Å². The number of para-hydroxylation sites is 1. The monoisotopic (exact) mass is 366 g/mol. The van der Waals surface area contributed by atoms with Crippen LogP contribution in [0.5, 0.6) is 0 Å². The minimum absolute atomic E-state index is 0.118. The van der Waals surface area contributed by atoms with E-state index in [4.69, 9.17) is 4.74 Å². The molecular formula is C20H22N4O3. The molecule has 1 aromatic heterocycles. The van der Waals surface area contributed by atoms with Gasteiger partial charge in [-0.2, -0.15) is 0 Å². The van der Waals surface area contributed by atoms with Gasteiger partial charge in [-0.1, -0.05) is 18.2 Å². The Bertz CT molecular complexity index is 847. The number of hydrogen-bond acceptors (Lipinski definition) is 5. The van der Waals surface area contributed by atoms with E-state index in [1.165, 1.54) is 12.4 Å². The molecule has 0 saturated carbocycles. The van der Waals surface area contributed by atoms with Gasteiger partial charge in [0.2, 0.25) is 5.91 Å². The lowest BCUT2D eigenvalue weighted by atomic mass is 9.73. The van der Waals surface area contributed by atoms with E-state index in [1.54, 1.807) is 18.2 Å². The van der Waals surface area contributed by atoms with Gasteiger partial charge in [-0.3, -0.25) is 14.6 Å². The minimum Gasteiger partial charge on any atom is -0.383 e. The molecular weight excluding hydrogens is 344 g/mol. The number of likely N-dealkylation sites (tertiary alicyclic amines) is 1. The van der Waals surface area contributed by atoms with E-state index in [1.807, 2.05) is 29.2 Å². The zero-order valence-corrected chi connectivity index (χ0v) is 15.3. The zero-order chi connectivity index (χ0) is 18.9. The zero-order valence-electron chi connectivity index (χ0n) is 15.3. The summed E-state index contributed by atoms with van der Waals surface area (Å²) in [4.78, 5) is 37.6. The number of carbonyl (C=O) groups excluding carboxylic acids is 2. The Kier molecular flexibility index (Phi) is 4.61. The first-order valence-electron chi connectivity index (χ1n) is 9.13. The molecule has 1 spiro atoms. The predicted molar refractivity (Wildman–Crippen MR) is 99.5 cm³/mol. The van der Waals surface area contributed by atoms with Crippen molar-refractivity contribution in [3.8, 4) is 0 Å². The molecule has 0 unspecified atom stereocenters. The number of anilines is 1. The summed E-state index contributed by atoms with van der Waals surface area (Å²) in [7, 11) is 1.64. The first-order valence-corrected chi connectivity index (χ1v) is 9.13. The van der Waals surface area contributed by atoms with Gasteiger partial charge in [-0.05, 0) is 24.5 Å². The second-order valence-electron chi connectivity index (χ2n) is 6.93. The lowest BCUT2D eigenvalue weighted by molar-refractivity contribution is -0.124. The third-order valence-electron chi connectivity index (χ3n) is 5.57. The third kappa shape index (κ3) is 2.88. The van der Waals surface area contributed by atoms with Gasteiger partial charge in [-0.15, -0.1) is 0 Å². The van der Waals surface area contributed by atoms with Gasteiger partial charge in [0.15, 0.2) is 0 Å². The molecule has 0 aliphatic carbocycles. The quantitative estimate of drug-likeness (QED) is 0.822. The van der Waals surface area contributed by atoms with Gasteiger partial charge in [0.1, 0.15) is 5.69 Å². The molecule has 2 amide bonds. The van der Waals surface area contributed by atoms with E-state index in [0.29, 0.717) is 44.8 Å². The molecule has 7 heteroatoms. The van der Waals surface area contributed by atoms with Crippen LogP contribution in [0.2, 0.25) is 0 Å². The fourth-order valence-electron chi connectivity index (χ4n) is 4.15. The number of piperidine rings is 1. The highest BCUT2D eigenvalue weighted by Gasteiger charge is 2.52. The smallest absolute Gasteiger partial charge is 0.274 e. The number of rotatable bonds is 4. The van der Waals surface area contributed by atoms with E-state index < -0.39 is 5.41 Å². The summed E-state index contributed by atoms with van der Waals surface area (Å²) in [5.41, 5.74) is 1.82.